The van der Waals surface area contributed by atoms with Crippen molar-refractivity contribution in [3.05, 3.63) is 35.9 Å². The van der Waals surface area contributed by atoms with E-state index in [1.54, 1.807) is 17.0 Å². The van der Waals surface area contributed by atoms with Gasteiger partial charge in [0.2, 0.25) is 11.6 Å². The molecule has 0 saturated carbocycles. The quantitative estimate of drug-likeness (QED) is 0.832. The van der Waals surface area contributed by atoms with Crippen LogP contribution in [-0.4, -0.2) is 45.4 Å². The molecule has 1 aliphatic heterocycles. The smallest absolute Gasteiger partial charge is 0.292 e. The van der Waals surface area contributed by atoms with Gasteiger partial charge in [-0.2, -0.15) is 5.10 Å². The molecule has 0 N–H and O–H groups in total. The number of aromatic nitrogens is 3. The Balaban J connectivity index is 1.59. The summed E-state index contributed by atoms with van der Waals surface area (Å²) in [5.74, 6) is 0.568. The monoisotopic (exact) mass is 274 g/mol. The van der Waals surface area contributed by atoms with E-state index >= 15 is 0 Å². The number of nitrogens with zero attached hydrogens (tertiary/aromatic N) is 4. The van der Waals surface area contributed by atoms with Crippen LogP contribution in [0.4, 0.5) is 0 Å². The van der Waals surface area contributed by atoms with Crippen LogP contribution in [0.2, 0.25) is 0 Å². The first-order valence-corrected chi connectivity index (χ1v) is 6.39. The first kappa shape index (κ1) is 12.6. The fourth-order valence-corrected chi connectivity index (χ4v) is 2.11. The summed E-state index contributed by atoms with van der Waals surface area (Å²) in [4.78, 5) is 13.7. The number of hydrogen-bond donors (Lipinski definition) is 0. The molecule has 1 amide bonds. The first-order valence-electron chi connectivity index (χ1n) is 6.39. The van der Waals surface area contributed by atoms with Crippen LogP contribution in [0.15, 0.2) is 28.9 Å². The Morgan fingerprint density at radius 2 is 2.30 bits per heavy atom. The van der Waals surface area contributed by atoms with Gasteiger partial charge in [-0.25, -0.2) is 0 Å². The fourth-order valence-electron chi connectivity index (χ4n) is 2.11. The van der Waals surface area contributed by atoms with E-state index < -0.39 is 0 Å². The van der Waals surface area contributed by atoms with Gasteiger partial charge in [0.25, 0.3) is 5.91 Å². The van der Waals surface area contributed by atoms with Crippen molar-refractivity contribution in [3.63, 3.8) is 0 Å². The SMILES string of the molecule is Cc1ccc(OC2CCN(C(=O)c3ccno3)C2)nn1. The number of ether oxygens (including phenoxy) is 1. The highest BCUT2D eigenvalue weighted by Gasteiger charge is 2.30. The van der Waals surface area contributed by atoms with Crippen LogP contribution in [0.5, 0.6) is 5.88 Å². The zero-order valence-electron chi connectivity index (χ0n) is 11.0. The van der Waals surface area contributed by atoms with Crippen molar-refractivity contribution in [2.45, 2.75) is 19.4 Å². The molecule has 1 aliphatic rings. The maximum absolute atomic E-state index is 12.1. The Labute approximate surface area is 115 Å². The van der Waals surface area contributed by atoms with Gasteiger partial charge in [0.1, 0.15) is 6.10 Å². The number of aryl methyl sites for hydroxylation is 1. The largest absolute Gasteiger partial charge is 0.471 e. The van der Waals surface area contributed by atoms with E-state index in [1.165, 1.54) is 6.20 Å². The van der Waals surface area contributed by atoms with Crippen LogP contribution in [0.1, 0.15) is 22.7 Å². The number of carbonyl (C=O) groups excluding carboxylic acids is 1. The lowest BCUT2D eigenvalue weighted by Crippen LogP contribution is -2.30. The lowest BCUT2D eigenvalue weighted by molar-refractivity contribution is 0.0730. The summed E-state index contributed by atoms with van der Waals surface area (Å²) in [5, 5.41) is 11.4. The van der Waals surface area contributed by atoms with E-state index in [2.05, 4.69) is 15.4 Å². The molecule has 1 saturated heterocycles. The van der Waals surface area contributed by atoms with Gasteiger partial charge in [0, 0.05) is 25.1 Å². The Kier molecular flexibility index (Phi) is 3.32. The van der Waals surface area contributed by atoms with Gasteiger partial charge in [-0.05, 0) is 13.0 Å². The summed E-state index contributed by atoms with van der Waals surface area (Å²) in [6, 6.07) is 5.18. The second-order valence-electron chi connectivity index (χ2n) is 4.67. The standard InChI is InChI=1S/C13H14N4O3/c1-9-2-3-12(16-15-9)19-10-5-7-17(8-10)13(18)11-4-6-14-20-11/h2-4,6,10H,5,7-8H2,1H3. The van der Waals surface area contributed by atoms with Gasteiger partial charge in [0.05, 0.1) is 18.4 Å². The molecule has 1 unspecified atom stereocenters. The molecule has 7 heteroatoms. The molecule has 104 valence electrons. The molecule has 3 rings (SSSR count). The van der Waals surface area contributed by atoms with Gasteiger partial charge in [-0.15, -0.1) is 5.10 Å². The highest BCUT2D eigenvalue weighted by molar-refractivity contribution is 5.91. The highest BCUT2D eigenvalue weighted by atomic mass is 16.5. The fraction of sp³-hybridized carbons (Fsp3) is 0.385. The van der Waals surface area contributed by atoms with Crippen LogP contribution < -0.4 is 4.74 Å². The molecule has 7 nitrogen and oxygen atoms in total. The van der Waals surface area contributed by atoms with Crippen LogP contribution in [0, 0.1) is 6.92 Å². The van der Waals surface area contributed by atoms with Crippen molar-refractivity contribution in [3.8, 4) is 5.88 Å². The zero-order chi connectivity index (χ0) is 13.9. The minimum absolute atomic E-state index is 0.0705. The van der Waals surface area contributed by atoms with E-state index in [0.29, 0.717) is 19.0 Å². The third-order valence-corrected chi connectivity index (χ3v) is 3.14. The molecule has 0 radical (unpaired) electrons. The second-order valence-corrected chi connectivity index (χ2v) is 4.67. The van der Waals surface area contributed by atoms with Crippen molar-refractivity contribution in [1.82, 2.24) is 20.3 Å². The summed E-state index contributed by atoms with van der Waals surface area (Å²) in [6.07, 6.45) is 2.15. The average molecular weight is 274 g/mol. The Morgan fingerprint density at radius 3 is 3.00 bits per heavy atom. The molecular weight excluding hydrogens is 260 g/mol. The van der Waals surface area contributed by atoms with Crippen LogP contribution >= 0.6 is 0 Å². The molecule has 2 aromatic heterocycles. The molecule has 0 aromatic carbocycles. The molecule has 20 heavy (non-hydrogen) atoms. The second kappa shape index (κ2) is 5.28. The zero-order valence-corrected chi connectivity index (χ0v) is 11.0. The minimum atomic E-state index is -0.163. The summed E-state index contributed by atoms with van der Waals surface area (Å²) < 4.78 is 10.6. The first-order chi connectivity index (χ1) is 9.72. The molecular formula is C13H14N4O3. The average Bonchev–Trinajstić information content (AvgIpc) is 3.12. The third-order valence-electron chi connectivity index (χ3n) is 3.14. The van der Waals surface area contributed by atoms with Crippen molar-refractivity contribution in [2.75, 3.05) is 13.1 Å². The lowest BCUT2D eigenvalue weighted by atomic mass is 10.3. The normalized spacial score (nSPS) is 18.2. The lowest BCUT2D eigenvalue weighted by Gasteiger charge is -2.15. The van der Waals surface area contributed by atoms with Crippen molar-refractivity contribution in [1.29, 1.82) is 0 Å². The predicted molar refractivity (Wildman–Crippen MR) is 68.2 cm³/mol. The van der Waals surface area contributed by atoms with Gasteiger partial charge >= 0.3 is 0 Å². The Hall–Kier alpha value is -2.44. The van der Waals surface area contributed by atoms with E-state index in [9.17, 15) is 4.79 Å². The number of amides is 1. The van der Waals surface area contributed by atoms with Gasteiger partial charge < -0.3 is 14.2 Å². The summed E-state index contributed by atoms with van der Waals surface area (Å²) in [7, 11) is 0. The predicted octanol–water partition coefficient (Wildman–Crippen LogP) is 1.07. The number of likely N-dealkylation sites (tertiary alicyclic amines) is 1. The maximum atomic E-state index is 12.1. The molecule has 1 atom stereocenters. The topological polar surface area (TPSA) is 81.4 Å². The Morgan fingerprint density at radius 1 is 1.40 bits per heavy atom. The molecule has 2 aromatic rings. The number of carbonyl (C=O) groups is 1. The van der Waals surface area contributed by atoms with E-state index in [0.717, 1.165) is 12.1 Å². The summed E-state index contributed by atoms with van der Waals surface area (Å²) in [5.41, 5.74) is 0.839. The van der Waals surface area contributed by atoms with E-state index in [1.807, 2.05) is 13.0 Å². The van der Waals surface area contributed by atoms with Gasteiger partial charge in [0.15, 0.2) is 0 Å². The summed E-state index contributed by atoms with van der Waals surface area (Å²) in [6.45, 7) is 3.00. The summed E-state index contributed by atoms with van der Waals surface area (Å²) >= 11 is 0. The maximum Gasteiger partial charge on any atom is 0.292 e. The molecule has 0 aliphatic carbocycles. The van der Waals surface area contributed by atoms with Crippen LogP contribution in [0.25, 0.3) is 0 Å². The van der Waals surface area contributed by atoms with Crippen molar-refractivity contribution >= 4 is 5.91 Å². The molecule has 0 bridgehead atoms. The molecule has 0 spiro atoms. The van der Waals surface area contributed by atoms with Crippen LogP contribution in [0.3, 0.4) is 0 Å². The van der Waals surface area contributed by atoms with Gasteiger partial charge in [-0.3, -0.25) is 4.79 Å². The highest BCUT2D eigenvalue weighted by Crippen LogP contribution is 2.18. The van der Waals surface area contributed by atoms with E-state index in [-0.39, 0.29) is 17.8 Å². The number of hydrogen-bond acceptors (Lipinski definition) is 6. The Bertz CT molecular complexity index is 582. The molecule has 3 heterocycles. The van der Waals surface area contributed by atoms with Crippen molar-refractivity contribution in [2.24, 2.45) is 0 Å². The van der Waals surface area contributed by atoms with Crippen molar-refractivity contribution < 1.29 is 14.1 Å². The molecule has 1 fully saturated rings. The van der Waals surface area contributed by atoms with Crippen LogP contribution in [-0.2, 0) is 0 Å². The minimum Gasteiger partial charge on any atom is -0.471 e. The van der Waals surface area contributed by atoms with Gasteiger partial charge in [-0.1, -0.05) is 5.16 Å². The third kappa shape index (κ3) is 2.61. The van der Waals surface area contributed by atoms with E-state index in [4.69, 9.17) is 9.26 Å². The number of rotatable bonds is 3.